The minimum absolute atomic E-state index is 0.246. The summed E-state index contributed by atoms with van der Waals surface area (Å²) in [7, 11) is 1.82. The van der Waals surface area contributed by atoms with Crippen LogP contribution < -0.4 is 5.32 Å². The Balaban J connectivity index is 1.95. The van der Waals surface area contributed by atoms with Gasteiger partial charge in [0.1, 0.15) is 0 Å². The molecule has 0 saturated heterocycles. The maximum absolute atomic E-state index is 5.25. The summed E-state index contributed by atoms with van der Waals surface area (Å²) >= 11 is 0. The van der Waals surface area contributed by atoms with Crippen molar-refractivity contribution >= 4 is 0 Å². The van der Waals surface area contributed by atoms with Crippen LogP contribution in [0.25, 0.3) is 0 Å². The Labute approximate surface area is 113 Å². The fraction of sp³-hybridized carbons (Fsp3) is 1.00. The molecule has 0 spiro atoms. The zero-order valence-electron chi connectivity index (χ0n) is 12.7. The van der Waals surface area contributed by atoms with Crippen molar-refractivity contribution in [3.63, 3.8) is 0 Å². The molecule has 0 aromatic carbocycles. The minimum atomic E-state index is 0.246. The molecule has 2 nitrogen and oxygen atoms in total. The molecule has 0 heterocycles. The summed E-state index contributed by atoms with van der Waals surface area (Å²) in [6, 6.07) is 0. The summed E-state index contributed by atoms with van der Waals surface area (Å²) in [5, 5.41) is 3.78. The quantitative estimate of drug-likeness (QED) is 0.730. The summed E-state index contributed by atoms with van der Waals surface area (Å²) < 4.78 is 5.25. The molecule has 0 aliphatic heterocycles. The molecular weight excluding hydrogens is 222 g/mol. The molecule has 0 aromatic heterocycles. The van der Waals surface area contributed by atoms with Gasteiger partial charge in [0.15, 0.2) is 0 Å². The molecule has 2 rings (SSSR count). The van der Waals surface area contributed by atoms with Crippen molar-refractivity contribution in [2.45, 2.75) is 64.8 Å². The third-order valence-electron chi connectivity index (χ3n) is 5.10. The van der Waals surface area contributed by atoms with E-state index in [4.69, 9.17) is 4.74 Å². The number of nitrogens with one attached hydrogen (secondary N) is 1. The van der Waals surface area contributed by atoms with E-state index in [0.29, 0.717) is 5.41 Å². The van der Waals surface area contributed by atoms with E-state index in [9.17, 15) is 0 Å². The fourth-order valence-electron chi connectivity index (χ4n) is 4.18. The Hall–Kier alpha value is -0.0800. The topological polar surface area (TPSA) is 21.3 Å². The van der Waals surface area contributed by atoms with Crippen LogP contribution in [0.2, 0.25) is 0 Å². The number of rotatable bonds is 6. The van der Waals surface area contributed by atoms with Crippen molar-refractivity contribution in [2.24, 2.45) is 17.3 Å². The van der Waals surface area contributed by atoms with Gasteiger partial charge >= 0.3 is 0 Å². The van der Waals surface area contributed by atoms with Crippen molar-refractivity contribution in [1.82, 2.24) is 5.32 Å². The van der Waals surface area contributed by atoms with Crippen molar-refractivity contribution < 1.29 is 4.74 Å². The van der Waals surface area contributed by atoms with Crippen LogP contribution in [0.3, 0.4) is 0 Å². The Morgan fingerprint density at radius 1 is 1.28 bits per heavy atom. The molecule has 2 heteroatoms. The van der Waals surface area contributed by atoms with Crippen LogP contribution in [0.1, 0.15) is 59.3 Å². The lowest BCUT2D eigenvalue weighted by Crippen LogP contribution is -2.46. The van der Waals surface area contributed by atoms with Gasteiger partial charge in [-0.1, -0.05) is 6.42 Å². The van der Waals surface area contributed by atoms with E-state index in [-0.39, 0.29) is 5.54 Å². The maximum Gasteiger partial charge on any atom is 0.0462 e. The first-order valence-electron chi connectivity index (χ1n) is 7.69. The summed E-state index contributed by atoms with van der Waals surface area (Å²) in [5.41, 5.74) is 0.824. The Morgan fingerprint density at radius 2 is 2.06 bits per heavy atom. The number of fused-ring (bicyclic) bond motifs is 2. The average Bonchev–Trinajstić information content (AvgIpc) is 2.86. The van der Waals surface area contributed by atoms with E-state index >= 15 is 0 Å². The minimum Gasteiger partial charge on any atom is -0.385 e. The van der Waals surface area contributed by atoms with Crippen LogP contribution in [0, 0.1) is 17.3 Å². The van der Waals surface area contributed by atoms with Crippen LogP contribution in [0.5, 0.6) is 0 Å². The Bertz CT molecular complexity index is 271. The van der Waals surface area contributed by atoms with Gasteiger partial charge in [-0.2, -0.15) is 0 Å². The lowest BCUT2D eigenvalue weighted by atomic mass is 9.70. The predicted octanol–water partition coefficient (Wildman–Crippen LogP) is 3.61. The van der Waals surface area contributed by atoms with Gasteiger partial charge in [0.05, 0.1) is 0 Å². The van der Waals surface area contributed by atoms with Crippen LogP contribution >= 0.6 is 0 Å². The molecule has 2 fully saturated rings. The van der Waals surface area contributed by atoms with Gasteiger partial charge in [-0.3, -0.25) is 0 Å². The molecule has 2 aliphatic carbocycles. The maximum atomic E-state index is 5.25. The van der Waals surface area contributed by atoms with Crippen molar-refractivity contribution in [1.29, 1.82) is 0 Å². The molecule has 2 aliphatic rings. The first-order valence-corrected chi connectivity index (χ1v) is 7.69. The highest BCUT2D eigenvalue weighted by Gasteiger charge is 2.50. The largest absolute Gasteiger partial charge is 0.385 e. The Morgan fingerprint density at radius 3 is 2.56 bits per heavy atom. The van der Waals surface area contributed by atoms with Gasteiger partial charge in [0.2, 0.25) is 0 Å². The highest BCUT2D eigenvalue weighted by atomic mass is 16.5. The standard InChI is InChI=1S/C16H31NO/c1-15(2,3)17-12-16(8-5-9-18-4)11-13-6-7-14(16)10-13/h13-14,17H,5-12H2,1-4H3. The summed E-state index contributed by atoms with van der Waals surface area (Å²) in [4.78, 5) is 0. The molecule has 2 bridgehead atoms. The number of hydrogen-bond acceptors (Lipinski definition) is 2. The molecule has 106 valence electrons. The van der Waals surface area contributed by atoms with E-state index in [1.165, 1.54) is 45.1 Å². The third kappa shape index (κ3) is 3.27. The first kappa shape index (κ1) is 14.3. The summed E-state index contributed by atoms with van der Waals surface area (Å²) in [6.07, 6.45) is 8.51. The zero-order valence-corrected chi connectivity index (χ0v) is 12.7. The lowest BCUT2D eigenvalue weighted by molar-refractivity contribution is 0.107. The average molecular weight is 253 g/mol. The summed E-state index contributed by atoms with van der Waals surface area (Å²) in [5.74, 6) is 2.01. The van der Waals surface area contributed by atoms with E-state index in [1.54, 1.807) is 0 Å². The highest BCUT2D eigenvalue weighted by molar-refractivity contribution is 5.02. The second-order valence-electron chi connectivity index (χ2n) is 7.64. The lowest BCUT2D eigenvalue weighted by Gasteiger charge is -2.40. The van der Waals surface area contributed by atoms with Gasteiger partial charge in [-0.05, 0) is 70.1 Å². The van der Waals surface area contributed by atoms with Gasteiger partial charge in [-0.15, -0.1) is 0 Å². The van der Waals surface area contributed by atoms with Crippen molar-refractivity contribution in [2.75, 3.05) is 20.3 Å². The zero-order chi connectivity index (χ0) is 13.2. The number of ether oxygens (including phenoxy) is 1. The van der Waals surface area contributed by atoms with Crippen LogP contribution in [0.4, 0.5) is 0 Å². The second kappa shape index (κ2) is 5.50. The van der Waals surface area contributed by atoms with E-state index in [2.05, 4.69) is 26.1 Å². The molecule has 0 amide bonds. The Kier molecular flexibility index (Phi) is 4.38. The second-order valence-corrected chi connectivity index (χ2v) is 7.64. The fourth-order valence-corrected chi connectivity index (χ4v) is 4.18. The highest BCUT2D eigenvalue weighted by Crippen LogP contribution is 2.57. The molecule has 2 saturated carbocycles. The van der Waals surface area contributed by atoms with Gasteiger partial charge in [0.25, 0.3) is 0 Å². The molecule has 3 unspecified atom stereocenters. The normalized spacial score (nSPS) is 35.3. The monoisotopic (exact) mass is 253 g/mol. The molecule has 1 N–H and O–H groups in total. The smallest absolute Gasteiger partial charge is 0.0462 e. The molecule has 0 aromatic rings. The summed E-state index contributed by atoms with van der Waals surface area (Å²) in [6.45, 7) is 8.98. The van der Waals surface area contributed by atoms with E-state index in [1.807, 2.05) is 7.11 Å². The van der Waals surface area contributed by atoms with Crippen molar-refractivity contribution in [3.05, 3.63) is 0 Å². The van der Waals surface area contributed by atoms with Crippen molar-refractivity contribution in [3.8, 4) is 0 Å². The van der Waals surface area contributed by atoms with Crippen LogP contribution in [-0.2, 0) is 4.74 Å². The molecule has 3 atom stereocenters. The van der Waals surface area contributed by atoms with Gasteiger partial charge in [0, 0.05) is 25.8 Å². The molecular formula is C16H31NO. The predicted molar refractivity (Wildman–Crippen MR) is 76.7 cm³/mol. The number of methoxy groups -OCH3 is 1. The SMILES string of the molecule is COCCCC1(CNC(C)(C)C)CC2CCC1C2. The van der Waals surface area contributed by atoms with Gasteiger partial charge < -0.3 is 10.1 Å². The molecule has 0 radical (unpaired) electrons. The van der Waals surface area contributed by atoms with Gasteiger partial charge in [-0.25, -0.2) is 0 Å². The first-order chi connectivity index (χ1) is 8.45. The third-order valence-corrected chi connectivity index (χ3v) is 5.10. The molecule has 18 heavy (non-hydrogen) atoms. The van der Waals surface area contributed by atoms with E-state index < -0.39 is 0 Å². The van der Waals surface area contributed by atoms with E-state index in [0.717, 1.165) is 18.4 Å². The van der Waals surface area contributed by atoms with Crippen LogP contribution in [0.15, 0.2) is 0 Å². The van der Waals surface area contributed by atoms with Crippen LogP contribution in [-0.4, -0.2) is 25.8 Å². The number of hydrogen-bond donors (Lipinski definition) is 1.